The fourth-order valence-corrected chi connectivity index (χ4v) is 3.46. The zero-order valence-corrected chi connectivity index (χ0v) is 19.1. The van der Waals surface area contributed by atoms with E-state index in [0.29, 0.717) is 43.3 Å². The van der Waals surface area contributed by atoms with Crippen molar-refractivity contribution < 1.29 is 14.0 Å². The lowest BCUT2D eigenvalue weighted by molar-refractivity contribution is 0.0739. The third-order valence-electron chi connectivity index (χ3n) is 5.13. The largest absolute Gasteiger partial charge is 0.454 e. The van der Waals surface area contributed by atoms with Gasteiger partial charge < -0.3 is 24.1 Å². The lowest BCUT2D eigenvalue weighted by Gasteiger charge is -2.23. The molecule has 2 amide bonds. The molecular weight excluding hydrogens is 404 g/mol. The van der Waals surface area contributed by atoms with Gasteiger partial charge in [-0.05, 0) is 56.9 Å². The van der Waals surface area contributed by atoms with Crippen molar-refractivity contribution in [2.75, 3.05) is 33.7 Å². The van der Waals surface area contributed by atoms with Gasteiger partial charge in [0.2, 0.25) is 0 Å². The summed E-state index contributed by atoms with van der Waals surface area (Å²) in [6.07, 6.45) is 2.84. The molecule has 3 aromatic rings. The van der Waals surface area contributed by atoms with Crippen molar-refractivity contribution in [3.8, 4) is 0 Å². The number of rotatable bonds is 11. The summed E-state index contributed by atoms with van der Waals surface area (Å²) in [4.78, 5) is 29.1. The van der Waals surface area contributed by atoms with Gasteiger partial charge in [0, 0.05) is 37.1 Å². The maximum absolute atomic E-state index is 13.0. The zero-order chi connectivity index (χ0) is 22.9. The Bertz CT molecular complexity index is 1010. The predicted octanol–water partition coefficient (Wildman–Crippen LogP) is 3.47. The number of benzene rings is 1. The van der Waals surface area contributed by atoms with E-state index < -0.39 is 0 Å². The number of carbonyl (C=O) groups is 2. The van der Waals surface area contributed by atoms with Crippen LogP contribution < -0.4 is 5.32 Å². The second kappa shape index (κ2) is 11.3. The van der Waals surface area contributed by atoms with Crippen LogP contribution in [0.2, 0.25) is 0 Å². The van der Waals surface area contributed by atoms with Crippen LogP contribution in [0.3, 0.4) is 0 Å². The Labute approximate surface area is 189 Å². The molecule has 0 aliphatic carbocycles. The van der Waals surface area contributed by atoms with E-state index in [1.54, 1.807) is 6.07 Å². The Hall–Kier alpha value is -3.32. The monoisotopic (exact) mass is 436 g/mol. The van der Waals surface area contributed by atoms with Gasteiger partial charge in [0.05, 0.1) is 13.1 Å². The average Bonchev–Trinajstić information content (AvgIpc) is 3.43. The normalized spacial score (nSPS) is 11.0. The van der Waals surface area contributed by atoms with Crippen LogP contribution in [0, 0.1) is 0 Å². The van der Waals surface area contributed by atoms with Crippen LogP contribution in [-0.2, 0) is 13.1 Å². The smallest absolute Gasteiger partial charge is 0.287 e. The summed E-state index contributed by atoms with van der Waals surface area (Å²) in [5, 5.41) is 2.86. The van der Waals surface area contributed by atoms with Crippen molar-refractivity contribution in [1.29, 1.82) is 0 Å². The van der Waals surface area contributed by atoms with E-state index >= 15 is 0 Å². The van der Waals surface area contributed by atoms with Gasteiger partial charge in [-0.1, -0.05) is 25.1 Å². The SMILES string of the molecule is CCCN(Cc1cccn1Cc1ccc(C(=O)NCCN(C)C)o1)C(=O)c1ccccc1. The zero-order valence-electron chi connectivity index (χ0n) is 19.1. The highest BCUT2D eigenvalue weighted by Gasteiger charge is 2.17. The molecule has 2 heterocycles. The molecule has 1 N–H and O–H groups in total. The van der Waals surface area contributed by atoms with Crippen LogP contribution >= 0.6 is 0 Å². The molecule has 7 heteroatoms. The number of amides is 2. The third-order valence-corrected chi connectivity index (χ3v) is 5.13. The van der Waals surface area contributed by atoms with E-state index in [2.05, 4.69) is 12.2 Å². The topological polar surface area (TPSA) is 70.7 Å². The molecule has 32 heavy (non-hydrogen) atoms. The van der Waals surface area contributed by atoms with Gasteiger partial charge in [-0.15, -0.1) is 0 Å². The second-order valence-electron chi connectivity index (χ2n) is 8.05. The molecule has 0 bridgehead atoms. The van der Waals surface area contributed by atoms with Crippen molar-refractivity contribution in [2.24, 2.45) is 0 Å². The Morgan fingerprint density at radius 3 is 2.50 bits per heavy atom. The number of nitrogens with one attached hydrogen (secondary N) is 1. The minimum Gasteiger partial charge on any atom is -0.454 e. The first-order valence-electron chi connectivity index (χ1n) is 11.0. The van der Waals surface area contributed by atoms with Crippen molar-refractivity contribution in [3.05, 3.63) is 83.6 Å². The van der Waals surface area contributed by atoms with Crippen molar-refractivity contribution in [3.63, 3.8) is 0 Å². The highest BCUT2D eigenvalue weighted by molar-refractivity contribution is 5.94. The number of hydrogen-bond acceptors (Lipinski definition) is 4. The quantitative estimate of drug-likeness (QED) is 0.500. The molecule has 0 saturated heterocycles. The molecule has 0 fully saturated rings. The van der Waals surface area contributed by atoms with Crippen LogP contribution in [0.4, 0.5) is 0 Å². The summed E-state index contributed by atoms with van der Waals surface area (Å²) < 4.78 is 7.82. The van der Waals surface area contributed by atoms with Crippen LogP contribution in [0.5, 0.6) is 0 Å². The van der Waals surface area contributed by atoms with Gasteiger partial charge in [0.25, 0.3) is 11.8 Å². The summed E-state index contributed by atoms with van der Waals surface area (Å²) >= 11 is 0. The molecular formula is C25H32N4O3. The third kappa shape index (κ3) is 6.34. The van der Waals surface area contributed by atoms with Crippen molar-refractivity contribution in [1.82, 2.24) is 19.7 Å². The molecule has 170 valence electrons. The molecule has 0 atom stereocenters. The first-order valence-corrected chi connectivity index (χ1v) is 11.0. The molecule has 0 aliphatic rings. The number of nitrogens with zero attached hydrogens (tertiary/aromatic N) is 3. The van der Waals surface area contributed by atoms with E-state index in [0.717, 1.165) is 18.7 Å². The van der Waals surface area contributed by atoms with Crippen LogP contribution in [0.1, 0.15) is 45.7 Å². The van der Waals surface area contributed by atoms with Gasteiger partial charge in [0.1, 0.15) is 5.76 Å². The first-order chi connectivity index (χ1) is 15.5. The maximum atomic E-state index is 13.0. The molecule has 3 rings (SSSR count). The van der Waals surface area contributed by atoms with Gasteiger partial charge in [0.15, 0.2) is 5.76 Å². The van der Waals surface area contributed by atoms with E-state index in [1.165, 1.54) is 0 Å². The fourth-order valence-electron chi connectivity index (χ4n) is 3.46. The molecule has 0 unspecified atom stereocenters. The Balaban J connectivity index is 1.65. The Kier molecular flexibility index (Phi) is 8.27. The van der Waals surface area contributed by atoms with E-state index in [4.69, 9.17) is 4.42 Å². The van der Waals surface area contributed by atoms with E-state index in [1.807, 2.05) is 83.2 Å². The number of carbonyl (C=O) groups excluding carboxylic acids is 2. The van der Waals surface area contributed by atoms with Gasteiger partial charge in [-0.25, -0.2) is 0 Å². The number of likely N-dealkylation sites (N-methyl/N-ethyl adjacent to an activating group) is 1. The van der Waals surface area contributed by atoms with Crippen LogP contribution in [0.25, 0.3) is 0 Å². The van der Waals surface area contributed by atoms with Gasteiger partial charge in [-0.2, -0.15) is 0 Å². The number of furan rings is 1. The minimum absolute atomic E-state index is 0.0230. The molecule has 0 aliphatic heterocycles. The molecule has 1 aromatic carbocycles. The summed E-state index contributed by atoms with van der Waals surface area (Å²) in [5.74, 6) is 0.805. The Morgan fingerprint density at radius 2 is 1.78 bits per heavy atom. The summed E-state index contributed by atoms with van der Waals surface area (Å²) in [7, 11) is 3.92. The molecule has 0 spiro atoms. The summed E-state index contributed by atoms with van der Waals surface area (Å²) in [6.45, 7) is 5.07. The maximum Gasteiger partial charge on any atom is 0.287 e. The lowest BCUT2D eigenvalue weighted by Crippen LogP contribution is -2.32. The molecule has 7 nitrogen and oxygen atoms in total. The van der Waals surface area contributed by atoms with Crippen molar-refractivity contribution in [2.45, 2.75) is 26.4 Å². The summed E-state index contributed by atoms with van der Waals surface area (Å²) in [6, 6.07) is 16.9. The highest BCUT2D eigenvalue weighted by Crippen LogP contribution is 2.15. The molecule has 0 saturated carbocycles. The highest BCUT2D eigenvalue weighted by atomic mass is 16.4. The fraction of sp³-hybridized carbons (Fsp3) is 0.360. The number of aromatic nitrogens is 1. The minimum atomic E-state index is -0.214. The lowest BCUT2D eigenvalue weighted by atomic mass is 10.2. The second-order valence-corrected chi connectivity index (χ2v) is 8.05. The van der Waals surface area contributed by atoms with E-state index in [-0.39, 0.29) is 11.8 Å². The molecule has 0 radical (unpaired) electrons. The van der Waals surface area contributed by atoms with Gasteiger partial charge in [-0.3, -0.25) is 9.59 Å². The molecule has 2 aromatic heterocycles. The van der Waals surface area contributed by atoms with Crippen LogP contribution in [-0.4, -0.2) is 59.9 Å². The standard InChI is InChI=1S/C25H32N4O3/c1-4-15-29(25(31)20-9-6-5-7-10-20)18-21-11-8-16-28(21)19-22-12-13-23(32-22)24(30)26-14-17-27(2)3/h5-13,16H,4,14-15,17-19H2,1-3H3,(H,26,30). The Morgan fingerprint density at radius 1 is 1.00 bits per heavy atom. The predicted molar refractivity (Wildman–Crippen MR) is 125 cm³/mol. The van der Waals surface area contributed by atoms with E-state index in [9.17, 15) is 9.59 Å². The van der Waals surface area contributed by atoms with Crippen LogP contribution in [0.15, 0.2) is 65.2 Å². The van der Waals surface area contributed by atoms with Gasteiger partial charge >= 0.3 is 0 Å². The average molecular weight is 437 g/mol. The van der Waals surface area contributed by atoms with Crippen molar-refractivity contribution >= 4 is 11.8 Å². The summed E-state index contributed by atoms with van der Waals surface area (Å²) in [5.41, 5.74) is 1.70. The number of hydrogen-bond donors (Lipinski definition) is 1. The first kappa shape index (κ1) is 23.3.